The van der Waals surface area contributed by atoms with Gasteiger partial charge < -0.3 is 20.7 Å². The number of benzene rings is 2. The number of nitrogens with one attached hydrogen (secondary N) is 3. The first-order valence-electron chi connectivity index (χ1n) is 8.71. The molecule has 0 saturated heterocycles. The molecule has 1 aliphatic carbocycles. The monoisotopic (exact) mass is 367 g/mol. The van der Waals surface area contributed by atoms with Gasteiger partial charge >= 0.3 is 5.97 Å². The summed E-state index contributed by atoms with van der Waals surface area (Å²) in [7, 11) is 1.70. The molecule has 0 spiro atoms. The molecular formula is C20H21N3O4. The highest BCUT2D eigenvalue weighted by atomic mass is 16.5. The van der Waals surface area contributed by atoms with Crippen LogP contribution in [0.15, 0.2) is 48.5 Å². The number of esters is 1. The van der Waals surface area contributed by atoms with Gasteiger partial charge in [0.1, 0.15) is 0 Å². The van der Waals surface area contributed by atoms with Crippen LogP contribution in [0.2, 0.25) is 0 Å². The van der Waals surface area contributed by atoms with E-state index in [1.54, 1.807) is 55.6 Å². The maximum Gasteiger partial charge on any atom is 0.340 e. The lowest BCUT2D eigenvalue weighted by molar-refractivity contribution is -0.119. The number of anilines is 2. The Balaban J connectivity index is 1.54. The fourth-order valence-electron chi connectivity index (χ4n) is 2.52. The fourth-order valence-corrected chi connectivity index (χ4v) is 2.52. The highest BCUT2D eigenvalue weighted by Gasteiger charge is 2.23. The van der Waals surface area contributed by atoms with Crippen LogP contribution in [0.3, 0.4) is 0 Å². The quantitative estimate of drug-likeness (QED) is 0.653. The Morgan fingerprint density at radius 2 is 1.85 bits per heavy atom. The molecule has 3 N–H and O–H groups in total. The Morgan fingerprint density at radius 1 is 1.07 bits per heavy atom. The second-order valence-corrected chi connectivity index (χ2v) is 6.25. The highest BCUT2D eigenvalue weighted by molar-refractivity contribution is 5.99. The second-order valence-electron chi connectivity index (χ2n) is 6.25. The maximum absolute atomic E-state index is 12.1. The molecule has 1 saturated carbocycles. The van der Waals surface area contributed by atoms with Gasteiger partial charge in [-0.05, 0) is 43.2 Å². The van der Waals surface area contributed by atoms with E-state index in [1.165, 1.54) is 0 Å². The predicted octanol–water partition coefficient (Wildman–Crippen LogP) is 2.42. The third-order valence-corrected chi connectivity index (χ3v) is 4.07. The van der Waals surface area contributed by atoms with Gasteiger partial charge in [0.25, 0.3) is 11.8 Å². The molecule has 2 aromatic carbocycles. The number of amides is 2. The van der Waals surface area contributed by atoms with Crippen molar-refractivity contribution in [1.82, 2.24) is 5.32 Å². The average molecular weight is 367 g/mol. The number of hydrogen-bond donors (Lipinski definition) is 3. The zero-order chi connectivity index (χ0) is 19.2. The van der Waals surface area contributed by atoms with Crippen LogP contribution >= 0.6 is 0 Å². The summed E-state index contributed by atoms with van der Waals surface area (Å²) in [5, 5.41) is 8.42. The van der Waals surface area contributed by atoms with Gasteiger partial charge in [0, 0.05) is 30.0 Å². The van der Waals surface area contributed by atoms with Crippen LogP contribution in [-0.2, 0) is 9.53 Å². The minimum Gasteiger partial charge on any atom is -0.452 e. The normalized spacial score (nSPS) is 12.8. The van der Waals surface area contributed by atoms with Crippen LogP contribution < -0.4 is 16.0 Å². The van der Waals surface area contributed by atoms with Crippen molar-refractivity contribution in [3.8, 4) is 0 Å². The summed E-state index contributed by atoms with van der Waals surface area (Å²) in [6.45, 7) is -0.421. The van der Waals surface area contributed by atoms with Crippen molar-refractivity contribution >= 4 is 29.2 Å². The van der Waals surface area contributed by atoms with Gasteiger partial charge in [0.2, 0.25) is 0 Å². The van der Waals surface area contributed by atoms with Gasteiger partial charge in [-0.2, -0.15) is 0 Å². The third-order valence-electron chi connectivity index (χ3n) is 4.07. The molecule has 2 aromatic rings. The van der Waals surface area contributed by atoms with Crippen molar-refractivity contribution in [1.29, 1.82) is 0 Å². The minimum atomic E-state index is -0.590. The molecule has 1 aliphatic rings. The Kier molecular flexibility index (Phi) is 5.71. The van der Waals surface area contributed by atoms with Gasteiger partial charge in [-0.3, -0.25) is 9.59 Å². The van der Waals surface area contributed by atoms with Crippen molar-refractivity contribution in [3.05, 3.63) is 59.7 Å². The Morgan fingerprint density at radius 3 is 2.59 bits per heavy atom. The van der Waals surface area contributed by atoms with Gasteiger partial charge in [-0.1, -0.05) is 18.2 Å². The summed E-state index contributed by atoms with van der Waals surface area (Å²) in [4.78, 5) is 36.3. The third kappa shape index (κ3) is 5.07. The lowest BCUT2D eigenvalue weighted by Crippen LogP contribution is -2.25. The smallest absolute Gasteiger partial charge is 0.340 e. The highest BCUT2D eigenvalue weighted by Crippen LogP contribution is 2.20. The van der Waals surface area contributed by atoms with E-state index in [1.807, 2.05) is 0 Å². The summed E-state index contributed by atoms with van der Waals surface area (Å²) in [6.07, 6.45) is 2.01. The molecule has 7 heteroatoms. The van der Waals surface area contributed by atoms with Gasteiger partial charge in [-0.15, -0.1) is 0 Å². The minimum absolute atomic E-state index is 0.163. The number of para-hydroxylation sites is 1. The molecule has 0 atom stereocenters. The van der Waals surface area contributed by atoms with Gasteiger partial charge in [0.15, 0.2) is 6.61 Å². The van der Waals surface area contributed by atoms with Gasteiger partial charge in [0.05, 0.1) is 5.56 Å². The van der Waals surface area contributed by atoms with E-state index in [2.05, 4.69) is 16.0 Å². The molecule has 3 rings (SSSR count). The van der Waals surface area contributed by atoms with Crippen molar-refractivity contribution in [2.24, 2.45) is 0 Å². The van der Waals surface area contributed by atoms with Crippen molar-refractivity contribution in [2.45, 2.75) is 18.9 Å². The van der Waals surface area contributed by atoms with Gasteiger partial charge in [-0.25, -0.2) is 4.79 Å². The van der Waals surface area contributed by atoms with E-state index in [0.717, 1.165) is 12.8 Å². The lowest BCUT2D eigenvalue weighted by atomic mass is 10.2. The number of rotatable bonds is 7. The number of carbonyl (C=O) groups is 3. The molecule has 2 amide bonds. The van der Waals surface area contributed by atoms with Crippen LogP contribution in [0, 0.1) is 0 Å². The largest absolute Gasteiger partial charge is 0.452 e. The van der Waals surface area contributed by atoms with E-state index < -0.39 is 18.5 Å². The Bertz CT molecular complexity index is 862. The topological polar surface area (TPSA) is 96.5 Å². The van der Waals surface area contributed by atoms with Crippen LogP contribution in [0.4, 0.5) is 11.4 Å². The van der Waals surface area contributed by atoms with Crippen LogP contribution in [0.1, 0.15) is 33.6 Å². The average Bonchev–Trinajstić information content (AvgIpc) is 3.50. The molecule has 0 aliphatic heterocycles. The van der Waals surface area contributed by atoms with Crippen LogP contribution in [0.25, 0.3) is 0 Å². The molecule has 27 heavy (non-hydrogen) atoms. The second kappa shape index (κ2) is 8.35. The van der Waals surface area contributed by atoms with E-state index in [9.17, 15) is 14.4 Å². The summed E-state index contributed by atoms with van der Waals surface area (Å²) in [6, 6.07) is 13.8. The predicted molar refractivity (Wildman–Crippen MR) is 102 cm³/mol. The first kappa shape index (κ1) is 18.4. The molecule has 1 fully saturated rings. The molecule has 0 heterocycles. The summed E-state index contributed by atoms with van der Waals surface area (Å²) < 4.78 is 5.07. The Labute approximate surface area is 157 Å². The van der Waals surface area contributed by atoms with Crippen molar-refractivity contribution in [3.63, 3.8) is 0 Å². The molecule has 7 nitrogen and oxygen atoms in total. The molecule has 0 aromatic heterocycles. The molecule has 0 bridgehead atoms. The maximum atomic E-state index is 12.1. The first-order chi connectivity index (χ1) is 13.1. The van der Waals surface area contributed by atoms with Crippen LogP contribution in [0.5, 0.6) is 0 Å². The van der Waals surface area contributed by atoms with Crippen molar-refractivity contribution < 1.29 is 19.1 Å². The molecular weight excluding hydrogens is 346 g/mol. The van der Waals surface area contributed by atoms with E-state index >= 15 is 0 Å². The molecule has 0 radical (unpaired) electrons. The zero-order valence-electron chi connectivity index (χ0n) is 15.0. The molecule has 140 valence electrons. The zero-order valence-corrected chi connectivity index (χ0v) is 15.0. The summed E-state index contributed by atoms with van der Waals surface area (Å²) >= 11 is 0. The number of ether oxygens (including phenoxy) is 1. The number of carbonyl (C=O) groups excluding carboxylic acids is 3. The standard InChI is InChI=1S/C20H21N3O4/c1-21-17-8-3-2-7-16(17)20(26)27-12-18(24)22-15-6-4-5-13(11-15)19(25)23-14-9-10-14/h2-8,11,14,21H,9-10,12H2,1H3,(H,22,24)(H,23,25). The molecule has 0 unspecified atom stereocenters. The lowest BCUT2D eigenvalue weighted by Gasteiger charge is -2.10. The SMILES string of the molecule is CNc1ccccc1C(=O)OCC(=O)Nc1cccc(C(=O)NC2CC2)c1. The van der Waals surface area contributed by atoms with E-state index in [-0.39, 0.29) is 11.9 Å². The van der Waals surface area contributed by atoms with Crippen LogP contribution in [-0.4, -0.2) is 37.5 Å². The summed E-state index contributed by atoms with van der Waals surface area (Å²) in [5.41, 5.74) is 1.92. The summed E-state index contributed by atoms with van der Waals surface area (Å²) in [5.74, 6) is -1.23. The van der Waals surface area contributed by atoms with E-state index in [0.29, 0.717) is 22.5 Å². The number of hydrogen-bond acceptors (Lipinski definition) is 5. The van der Waals surface area contributed by atoms with E-state index in [4.69, 9.17) is 4.74 Å². The van der Waals surface area contributed by atoms with Crippen molar-refractivity contribution in [2.75, 3.05) is 24.3 Å². The Hall–Kier alpha value is -3.35. The first-order valence-corrected chi connectivity index (χ1v) is 8.71. The fraction of sp³-hybridized carbons (Fsp3) is 0.250.